The van der Waals surface area contributed by atoms with Crippen LogP contribution in [0, 0.1) is 5.92 Å². The third kappa shape index (κ3) is 4.87. The van der Waals surface area contributed by atoms with E-state index in [9.17, 15) is 18.0 Å². The molecule has 39 heavy (non-hydrogen) atoms. The molecule has 1 aliphatic carbocycles. The fourth-order valence-corrected chi connectivity index (χ4v) is 5.65. The van der Waals surface area contributed by atoms with Gasteiger partial charge in [0.15, 0.2) is 0 Å². The van der Waals surface area contributed by atoms with Gasteiger partial charge in [-0.1, -0.05) is 42.5 Å². The fourth-order valence-electron chi connectivity index (χ4n) is 5.65. The van der Waals surface area contributed by atoms with E-state index >= 15 is 0 Å². The van der Waals surface area contributed by atoms with Crippen molar-refractivity contribution in [3.63, 3.8) is 0 Å². The van der Waals surface area contributed by atoms with Crippen LogP contribution in [0.2, 0.25) is 0 Å². The highest BCUT2D eigenvalue weighted by Gasteiger charge is 2.40. The Balaban J connectivity index is 1.46. The van der Waals surface area contributed by atoms with Crippen LogP contribution in [0.15, 0.2) is 91.1 Å². The molecule has 4 aromatic carbocycles. The van der Waals surface area contributed by atoms with Gasteiger partial charge < -0.3 is 5.32 Å². The monoisotopic (exact) mass is 524 g/mol. The number of hydrogen-bond acceptors (Lipinski definition) is 2. The van der Waals surface area contributed by atoms with Crippen molar-refractivity contribution in [3.8, 4) is 0 Å². The normalized spacial score (nSPS) is 16.8. The second kappa shape index (κ2) is 9.84. The number of nitrogens with one attached hydrogen (secondary N) is 1. The molecule has 196 valence electrons. The molecule has 2 atom stereocenters. The van der Waals surface area contributed by atoms with E-state index in [0.717, 1.165) is 49.1 Å². The van der Waals surface area contributed by atoms with Gasteiger partial charge in [-0.2, -0.15) is 13.2 Å². The number of aromatic nitrogens is 1. The molecule has 1 aliphatic rings. The fraction of sp³-hybridized carbons (Fsp3) is 0.212. The number of benzene rings is 4. The zero-order valence-corrected chi connectivity index (χ0v) is 21.4. The lowest BCUT2D eigenvalue weighted by atomic mass is 9.82. The van der Waals surface area contributed by atoms with Gasteiger partial charge in [0.25, 0.3) is 5.91 Å². The highest BCUT2D eigenvalue weighted by atomic mass is 19.4. The molecule has 0 bridgehead atoms. The van der Waals surface area contributed by atoms with Crippen molar-refractivity contribution in [3.05, 3.63) is 108 Å². The van der Waals surface area contributed by atoms with Gasteiger partial charge in [-0.3, -0.25) is 9.78 Å². The lowest BCUT2D eigenvalue weighted by molar-refractivity contribution is -0.175. The second-order valence-electron chi connectivity index (χ2n) is 10.3. The van der Waals surface area contributed by atoms with Gasteiger partial charge in [-0.05, 0) is 112 Å². The lowest BCUT2D eigenvalue weighted by Crippen LogP contribution is -2.27. The Morgan fingerprint density at radius 1 is 0.897 bits per heavy atom. The van der Waals surface area contributed by atoms with Gasteiger partial charge in [0, 0.05) is 11.8 Å². The molecule has 5 aromatic rings. The summed E-state index contributed by atoms with van der Waals surface area (Å²) in [4.78, 5) is 17.5. The number of nitrogens with zero attached hydrogens (tertiary/aromatic N) is 1. The maximum Gasteiger partial charge on any atom is 0.392 e. The van der Waals surface area contributed by atoms with Crippen LogP contribution in [0.1, 0.15) is 53.8 Å². The average Bonchev–Trinajstić information content (AvgIpc) is 2.94. The number of pyridine rings is 1. The Morgan fingerprint density at radius 2 is 1.62 bits per heavy atom. The predicted octanol–water partition coefficient (Wildman–Crippen LogP) is 8.78. The average molecular weight is 525 g/mol. The van der Waals surface area contributed by atoms with Crippen LogP contribution in [0.3, 0.4) is 0 Å². The Kier molecular flexibility index (Phi) is 6.34. The lowest BCUT2D eigenvalue weighted by Gasteiger charge is -2.25. The third-order valence-electron chi connectivity index (χ3n) is 7.76. The second-order valence-corrected chi connectivity index (χ2v) is 10.3. The number of allylic oxidation sites excluding steroid dienone is 2. The first-order valence-corrected chi connectivity index (χ1v) is 13.1. The van der Waals surface area contributed by atoms with Gasteiger partial charge in [0.2, 0.25) is 0 Å². The standard InChI is InChI=1S/C33H27F3N2O/c1-20(30-8-4-5-15-37-30)38-32(39)24-11-14-28-25(17-24)18-26-16-22-6-2-3-7-23(22)19-29(26)31(28)21-9-12-27(13-10-21)33(34,35)36/h2-9,11,14-20,27H,10,12-13H2,1H3,(H,38,39)/t20-,27?/m0/s1. The third-order valence-corrected chi connectivity index (χ3v) is 7.76. The molecule has 0 saturated carbocycles. The molecular formula is C33H27F3N2O. The van der Waals surface area contributed by atoms with Crippen molar-refractivity contribution in [1.82, 2.24) is 10.3 Å². The molecule has 0 spiro atoms. The Bertz CT molecular complexity index is 1740. The Labute approximate surface area is 224 Å². The molecule has 6 rings (SSSR count). The van der Waals surface area contributed by atoms with E-state index in [1.54, 1.807) is 18.3 Å². The number of carbonyl (C=O) groups is 1. The first kappa shape index (κ1) is 25.1. The first-order valence-electron chi connectivity index (χ1n) is 13.1. The molecule has 1 aromatic heterocycles. The molecule has 0 fully saturated rings. The van der Waals surface area contributed by atoms with E-state index in [1.165, 1.54) is 0 Å². The van der Waals surface area contributed by atoms with Crippen LogP contribution in [0.4, 0.5) is 13.2 Å². The van der Waals surface area contributed by atoms with E-state index in [4.69, 9.17) is 0 Å². The molecule has 1 unspecified atom stereocenters. The molecule has 3 nitrogen and oxygen atoms in total. The first-order chi connectivity index (χ1) is 18.8. The van der Waals surface area contributed by atoms with Gasteiger partial charge >= 0.3 is 6.18 Å². The summed E-state index contributed by atoms with van der Waals surface area (Å²) in [5, 5.41) is 9.00. The highest BCUT2D eigenvalue weighted by molar-refractivity contribution is 6.13. The summed E-state index contributed by atoms with van der Waals surface area (Å²) in [6, 6.07) is 25.3. The summed E-state index contributed by atoms with van der Waals surface area (Å²) in [5.41, 5.74) is 3.18. The molecule has 0 radical (unpaired) electrons. The van der Waals surface area contributed by atoms with Crippen LogP contribution >= 0.6 is 0 Å². The number of amides is 1. The van der Waals surface area contributed by atoms with Crippen LogP contribution in [0.5, 0.6) is 0 Å². The minimum Gasteiger partial charge on any atom is -0.344 e. The van der Waals surface area contributed by atoms with Crippen molar-refractivity contribution in [1.29, 1.82) is 0 Å². The van der Waals surface area contributed by atoms with Crippen LogP contribution in [0.25, 0.3) is 37.9 Å². The van der Waals surface area contributed by atoms with E-state index in [1.807, 2.05) is 55.5 Å². The Hall–Kier alpha value is -4.19. The number of halogens is 3. The van der Waals surface area contributed by atoms with Crippen molar-refractivity contribution < 1.29 is 18.0 Å². The summed E-state index contributed by atoms with van der Waals surface area (Å²) >= 11 is 0. The summed E-state index contributed by atoms with van der Waals surface area (Å²) in [6.07, 6.45) is -0.312. The van der Waals surface area contributed by atoms with Crippen molar-refractivity contribution >= 4 is 43.8 Å². The molecule has 6 heteroatoms. The predicted molar refractivity (Wildman–Crippen MR) is 150 cm³/mol. The van der Waals surface area contributed by atoms with E-state index in [-0.39, 0.29) is 24.8 Å². The highest BCUT2D eigenvalue weighted by Crippen LogP contribution is 2.43. The van der Waals surface area contributed by atoms with E-state index < -0.39 is 12.1 Å². The molecule has 0 saturated heterocycles. The smallest absolute Gasteiger partial charge is 0.344 e. The molecular weight excluding hydrogens is 497 g/mol. The number of hydrogen-bond donors (Lipinski definition) is 1. The van der Waals surface area contributed by atoms with Gasteiger partial charge in [-0.25, -0.2) is 0 Å². The number of alkyl halides is 3. The number of carbonyl (C=O) groups excluding carboxylic acids is 1. The van der Waals surface area contributed by atoms with E-state index in [0.29, 0.717) is 12.0 Å². The summed E-state index contributed by atoms with van der Waals surface area (Å²) < 4.78 is 40.2. The molecule has 1 amide bonds. The number of fused-ring (bicyclic) bond motifs is 3. The quantitative estimate of drug-likeness (QED) is 0.239. The van der Waals surface area contributed by atoms with Gasteiger partial charge in [0.05, 0.1) is 17.7 Å². The van der Waals surface area contributed by atoms with Crippen molar-refractivity contribution in [2.75, 3.05) is 0 Å². The summed E-state index contributed by atoms with van der Waals surface area (Å²) in [7, 11) is 0. The van der Waals surface area contributed by atoms with Crippen molar-refractivity contribution in [2.24, 2.45) is 5.92 Å². The minimum atomic E-state index is -4.19. The molecule has 1 N–H and O–H groups in total. The van der Waals surface area contributed by atoms with Crippen LogP contribution in [-0.4, -0.2) is 17.1 Å². The van der Waals surface area contributed by atoms with E-state index in [2.05, 4.69) is 34.6 Å². The van der Waals surface area contributed by atoms with Gasteiger partial charge in [-0.15, -0.1) is 0 Å². The largest absolute Gasteiger partial charge is 0.392 e. The minimum absolute atomic E-state index is 0.0177. The summed E-state index contributed by atoms with van der Waals surface area (Å²) in [6.45, 7) is 1.89. The van der Waals surface area contributed by atoms with Crippen molar-refractivity contribution in [2.45, 2.75) is 38.4 Å². The maximum absolute atomic E-state index is 13.4. The zero-order valence-electron chi connectivity index (χ0n) is 21.4. The Morgan fingerprint density at radius 3 is 2.31 bits per heavy atom. The summed E-state index contributed by atoms with van der Waals surface area (Å²) in [5.74, 6) is -1.51. The van der Waals surface area contributed by atoms with Crippen LogP contribution < -0.4 is 5.32 Å². The van der Waals surface area contributed by atoms with Gasteiger partial charge in [0.1, 0.15) is 0 Å². The molecule has 0 aliphatic heterocycles. The van der Waals surface area contributed by atoms with Crippen LogP contribution in [-0.2, 0) is 0 Å². The topological polar surface area (TPSA) is 42.0 Å². The zero-order chi connectivity index (χ0) is 27.1. The number of rotatable bonds is 4. The molecule has 1 heterocycles. The SMILES string of the molecule is C[C@H](NC(=O)c1ccc2c(C3=CCC(C(F)(F)F)CC3)c3cc4ccccc4cc3cc2c1)c1ccccn1. The maximum atomic E-state index is 13.4.